The van der Waals surface area contributed by atoms with Crippen LogP contribution in [0.25, 0.3) is 22.5 Å². The molecule has 0 aliphatic rings. The molecule has 0 amide bonds. The van der Waals surface area contributed by atoms with Crippen molar-refractivity contribution in [3.63, 3.8) is 0 Å². The molecule has 0 unspecified atom stereocenters. The van der Waals surface area contributed by atoms with Crippen LogP contribution >= 0.6 is 0 Å². The molecule has 3 aromatic carbocycles. The number of nitriles is 1. The topological polar surface area (TPSA) is 92.4 Å². The minimum atomic E-state index is -0.466. The predicted octanol–water partition coefficient (Wildman–Crippen LogP) is 6.14. The number of rotatable bonds is 5. The van der Waals surface area contributed by atoms with E-state index < -0.39 is 4.92 Å². The molecule has 0 aliphatic heterocycles. The van der Waals surface area contributed by atoms with Gasteiger partial charge < -0.3 is 4.42 Å². The highest BCUT2D eigenvalue weighted by molar-refractivity contribution is 5.90. The van der Waals surface area contributed by atoms with E-state index in [1.54, 1.807) is 12.1 Å². The summed E-state index contributed by atoms with van der Waals surface area (Å²) in [6, 6.07) is 27.3. The van der Waals surface area contributed by atoms with Crippen molar-refractivity contribution in [1.29, 1.82) is 5.26 Å². The molecule has 4 rings (SSSR count). The lowest BCUT2D eigenvalue weighted by atomic mass is 9.98. The van der Waals surface area contributed by atoms with E-state index in [0.29, 0.717) is 22.5 Å². The van der Waals surface area contributed by atoms with E-state index in [1.807, 2.05) is 60.7 Å². The fraction of sp³-hybridized carbons (Fsp3) is 0. The third kappa shape index (κ3) is 3.73. The van der Waals surface area contributed by atoms with Crippen LogP contribution in [0.5, 0.6) is 0 Å². The normalized spacial score (nSPS) is 10.8. The number of nitro benzene ring substituents is 1. The van der Waals surface area contributed by atoms with Crippen molar-refractivity contribution in [2.24, 2.45) is 4.99 Å². The number of aliphatic imine (C=N–C) groups is 1. The first-order valence-corrected chi connectivity index (χ1v) is 9.13. The van der Waals surface area contributed by atoms with Crippen LogP contribution in [0.2, 0.25) is 0 Å². The van der Waals surface area contributed by atoms with Crippen molar-refractivity contribution in [2.75, 3.05) is 0 Å². The summed E-state index contributed by atoms with van der Waals surface area (Å²) in [5.74, 6) is 0.700. The second-order valence-corrected chi connectivity index (χ2v) is 6.44. The molecule has 0 spiro atoms. The van der Waals surface area contributed by atoms with Crippen molar-refractivity contribution < 1.29 is 9.34 Å². The van der Waals surface area contributed by atoms with Crippen LogP contribution in [0.3, 0.4) is 0 Å². The molecule has 0 aliphatic carbocycles. The van der Waals surface area contributed by atoms with Gasteiger partial charge in [-0.3, -0.25) is 10.1 Å². The lowest BCUT2D eigenvalue weighted by Crippen LogP contribution is -1.89. The summed E-state index contributed by atoms with van der Waals surface area (Å²) in [7, 11) is 0. The lowest BCUT2D eigenvalue weighted by Gasteiger charge is -2.03. The zero-order valence-corrected chi connectivity index (χ0v) is 15.7. The number of furan rings is 1. The molecule has 0 N–H and O–H groups in total. The maximum Gasteiger partial charge on any atom is 0.270 e. The van der Waals surface area contributed by atoms with Crippen molar-refractivity contribution in [1.82, 2.24) is 0 Å². The number of nitrogens with zero attached hydrogens (tertiary/aromatic N) is 3. The van der Waals surface area contributed by atoms with E-state index in [0.717, 1.165) is 11.1 Å². The van der Waals surface area contributed by atoms with Crippen LogP contribution in [0.15, 0.2) is 94.3 Å². The van der Waals surface area contributed by atoms with Gasteiger partial charge in [0.1, 0.15) is 17.4 Å². The minimum Gasteiger partial charge on any atom is -0.436 e. The molecule has 6 nitrogen and oxygen atoms in total. The van der Waals surface area contributed by atoms with Crippen molar-refractivity contribution in [2.45, 2.75) is 0 Å². The fourth-order valence-electron chi connectivity index (χ4n) is 3.14. The first kappa shape index (κ1) is 18.8. The van der Waals surface area contributed by atoms with Gasteiger partial charge in [-0.1, -0.05) is 72.8 Å². The summed E-state index contributed by atoms with van der Waals surface area (Å²) in [5, 5.41) is 20.9. The predicted molar refractivity (Wildman–Crippen MR) is 115 cm³/mol. The second-order valence-electron chi connectivity index (χ2n) is 6.44. The number of non-ortho nitro benzene ring substituents is 1. The molecule has 4 aromatic rings. The molecule has 30 heavy (non-hydrogen) atoms. The van der Waals surface area contributed by atoms with Crippen LogP contribution in [-0.4, -0.2) is 11.1 Å². The van der Waals surface area contributed by atoms with E-state index in [-0.39, 0.29) is 11.6 Å². The lowest BCUT2D eigenvalue weighted by molar-refractivity contribution is -0.384. The van der Waals surface area contributed by atoms with E-state index >= 15 is 0 Å². The van der Waals surface area contributed by atoms with Gasteiger partial charge in [-0.2, -0.15) is 5.26 Å². The molecule has 1 aromatic heterocycles. The Morgan fingerprint density at radius 1 is 0.933 bits per heavy atom. The standard InChI is InChI=1S/C24H15N3O3/c25-15-21-22(18-9-3-1-4-10-18)23(19-11-5-2-6-12-19)30-24(21)26-16-17-8-7-13-20(14-17)27(28)29/h1-14,16H/b26-16+. The molecule has 0 saturated heterocycles. The van der Waals surface area contributed by atoms with E-state index in [4.69, 9.17) is 4.42 Å². The summed E-state index contributed by atoms with van der Waals surface area (Å²) in [4.78, 5) is 14.9. The molecule has 144 valence electrons. The van der Waals surface area contributed by atoms with Crippen LogP contribution in [0.1, 0.15) is 11.1 Å². The number of benzene rings is 3. The van der Waals surface area contributed by atoms with Gasteiger partial charge in [-0.15, -0.1) is 0 Å². The molecule has 0 fully saturated rings. The van der Waals surface area contributed by atoms with Gasteiger partial charge in [0, 0.05) is 29.5 Å². The molecule has 0 bridgehead atoms. The van der Waals surface area contributed by atoms with Gasteiger partial charge in [-0.05, 0) is 11.1 Å². The first-order chi connectivity index (χ1) is 14.7. The second kappa shape index (κ2) is 8.25. The Morgan fingerprint density at radius 2 is 1.60 bits per heavy atom. The van der Waals surface area contributed by atoms with E-state index in [1.165, 1.54) is 18.3 Å². The van der Waals surface area contributed by atoms with Crippen molar-refractivity contribution in [3.8, 4) is 28.5 Å². The summed E-state index contributed by atoms with van der Waals surface area (Å²) >= 11 is 0. The molecule has 6 heteroatoms. The van der Waals surface area contributed by atoms with Gasteiger partial charge in [0.15, 0.2) is 0 Å². The Balaban J connectivity index is 1.85. The monoisotopic (exact) mass is 393 g/mol. The molecule has 0 saturated carbocycles. The Hall–Kier alpha value is -4.50. The largest absolute Gasteiger partial charge is 0.436 e. The molecule has 1 heterocycles. The number of hydrogen-bond donors (Lipinski definition) is 0. The summed E-state index contributed by atoms with van der Waals surface area (Å²) in [6.45, 7) is 0. The van der Waals surface area contributed by atoms with E-state index in [2.05, 4.69) is 11.1 Å². The minimum absolute atomic E-state index is 0.0335. The maximum atomic E-state index is 11.0. The quantitative estimate of drug-likeness (QED) is 0.231. The maximum absolute atomic E-state index is 11.0. The highest BCUT2D eigenvalue weighted by Crippen LogP contribution is 2.42. The van der Waals surface area contributed by atoms with Gasteiger partial charge in [0.05, 0.1) is 4.92 Å². The molecule has 0 atom stereocenters. The molecular formula is C24H15N3O3. The van der Waals surface area contributed by atoms with E-state index in [9.17, 15) is 15.4 Å². The third-order valence-electron chi connectivity index (χ3n) is 4.51. The highest BCUT2D eigenvalue weighted by atomic mass is 16.6. The third-order valence-corrected chi connectivity index (χ3v) is 4.51. The Morgan fingerprint density at radius 3 is 2.23 bits per heavy atom. The molecule has 0 radical (unpaired) electrons. The van der Waals surface area contributed by atoms with Crippen LogP contribution in [0, 0.1) is 21.4 Å². The van der Waals surface area contributed by atoms with Crippen LogP contribution in [-0.2, 0) is 0 Å². The molecular weight excluding hydrogens is 378 g/mol. The van der Waals surface area contributed by atoms with Crippen molar-refractivity contribution in [3.05, 3.63) is 106 Å². The fourth-order valence-corrected chi connectivity index (χ4v) is 3.14. The zero-order chi connectivity index (χ0) is 20.9. The first-order valence-electron chi connectivity index (χ1n) is 9.13. The zero-order valence-electron chi connectivity index (χ0n) is 15.7. The smallest absolute Gasteiger partial charge is 0.270 e. The Kier molecular flexibility index (Phi) is 5.18. The SMILES string of the molecule is N#Cc1c(/N=C/c2cccc([N+](=O)[O-])c2)oc(-c2ccccc2)c1-c1ccccc1. The van der Waals surface area contributed by atoms with Gasteiger partial charge in [-0.25, -0.2) is 4.99 Å². The Labute approximate surface area is 172 Å². The average molecular weight is 393 g/mol. The summed E-state index contributed by atoms with van der Waals surface area (Å²) < 4.78 is 6.02. The number of nitro groups is 1. The highest BCUT2D eigenvalue weighted by Gasteiger charge is 2.22. The van der Waals surface area contributed by atoms with Gasteiger partial charge >= 0.3 is 0 Å². The van der Waals surface area contributed by atoms with Gasteiger partial charge in [0.2, 0.25) is 5.88 Å². The van der Waals surface area contributed by atoms with Crippen LogP contribution in [0.4, 0.5) is 11.6 Å². The average Bonchev–Trinajstić information content (AvgIpc) is 3.17. The van der Waals surface area contributed by atoms with Crippen molar-refractivity contribution >= 4 is 17.8 Å². The number of hydrogen-bond acceptors (Lipinski definition) is 5. The van der Waals surface area contributed by atoms with Crippen LogP contribution < -0.4 is 0 Å². The Bertz CT molecular complexity index is 1270. The summed E-state index contributed by atoms with van der Waals surface area (Å²) in [5.41, 5.74) is 3.14. The summed E-state index contributed by atoms with van der Waals surface area (Å²) in [6.07, 6.45) is 1.45. The van der Waals surface area contributed by atoms with Gasteiger partial charge in [0.25, 0.3) is 5.69 Å².